The lowest BCUT2D eigenvalue weighted by Crippen LogP contribution is -2.30. The van der Waals surface area contributed by atoms with E-state index in [4.69, 9.17) is 0 Å². The lowest BCUT2D eigenvalue weighted by atomic mass is 10.1. The first-order valence-corrected chi connectivity index (χ1v) is 7.68. The van der Waals surface area contributed by atoms with Gasteiger partial charge in [-0.05, 0) is 37.6 Å². The first-order chi connectivity index (χ1) is 9.29. The molecule has 1 nitrogen and oxygen atoms in total. The maximum atomic E-state index is 3.42. The lowest BCUT2D eigenvalue weighted by Gasteiger charge is -2.16. The first kappa shape index (κ1) is 14.2. The van der Waals surface area contributed by atoms with Gasteiger partial charge >= 0.3 is 0 Å². The van der Waals surface area contributed by atoms with Crippen LogP contribution in [0.5, 0.6) is 0 Å². The van der Waals surface area contributed by atoms with Gasteiger partial charge < -0.3 is 5.32 Å². The lowest BCUT2D eigenvalue weighted by molar-refractivity contribution is 0.617. The molecular weight excluding hydrogens is 250 g/mol. The van der Waals surface area contributed by atoms with Gasteiger partial charge in [0, 0.05) is 16.7 Å². The summed E-state index contributed by atoms with van der Waals surface area (Å²) in [6, 6.07) is 19.8. The van der Waals surface area contributed by atoms with Crippen molar-refractivity contribution in [1.29, 1.82) is 0 Å². The Morgan fingerprint density at radius 2 is 1.68 bits per heavy atom. The average molecular weight is 271 g/mol. The van der Waals surface area contributed by atoms with Crippen LogP contribution in [0.3, 0.4) is 0 Å². The summed E-state index contributed by atoms with van der Waals surface area (Å²) in [5.41, 5.74) is 2.76. The molecule has 0 spiro atoms. The van der Waals surface area contributed by atoms with Gasteiger partial charge in [-0.25, -0.2) is 0 Å². The fourth-order valence-corrected chi connectivity index (χ4v) is 3.19. The molecule has 0 saturated heterocycles. The van der Waals surface area contributed by atoms with Crippen LogP contribution in [0.25, 0.3) is 0 Å². The molecule has 1 N–H and O–H groups in total. The van der Waals surface area contributed by atoms with E-state index in [9.17, 15) is 0 Å². The summed E-state index contributed by atoms with van der Waals surface area (Å²) in [4.78, 5) is 1.39. The van der Waals surface area contributed by atoms with Crippen molar-refractivity contribution in [2.24, 2.45) is 0 Å². The molecule has 0 aromatic heterocycles. The van der Waals surface area contributed by atoms with Crippen molar-refractivity contribution in [3.8, 4) is 0 Å². The number of hydrogen-bond acceptors (Lipinski definition) is 2. The molecule has 1 atom stereocenters. The Bertz CT molecular complexity index is 496. The second-order valence-electron chi connectivity index (χ2n) is 4.75. The van der Waals surface area contributed by atoms with Crippen molar-refractivity contribution >= 4 is 11.8 Å². The number of hydrogen-bond donors (Lipinski definition) is 1. The first-order valence-electron chi connectivity index (χ1n) is 6.69. The molecule has 0 radical (unpaired) electrons. The topological polar surface area (TPSA) is 12.0 Å². The van der Waals surface area contributed by atoms with Crippen LogP contribution in [0, 0.1) is 6.92 Å². The largest absolute Gasteiger partial charge is 0.316 e. The quantitative estimate of drug-likeness (QED) is 0.799. The summed E-state index contributed by atoms with van der Waals surface area (Å²) in [6.07, 6.45) is 1.08. The molecule has 0 saturated carbocycles. The van der Waals surface area contributed by atoms with Gasteiger partial charge in [-0.2, -0.15) is 0 Å². The second-order valence-corrected chi connectivity index (χ2v) is 5.81. The molecule has 0 aliphatic carbocycles. The van der Waals surface area contributed by atoms with Gasteiger partial charge in [-0.15, -0.1) is 11.8 Å². The molecule has 0 fully saturated rings. The third kappa shape index (κ3) is 4.41. The van der Waals surface area contributed by atoms with E-state index in [1.54, 1.807) is 0 Å². The van der Waals surface area contributed by atoms with E-state index in [1.165, 1.54) is 16.0 Å². The standard InChI is InChI=1S/C17H21NS/c1-14-8-6-7-11-17(14)19-13-16(18-2)12-15-9-4-3-5-10-15/h3-11,16,18H,12-13H2,1-2H3. The number of rotatable bonds is 6. The molecule has 0 aliphatic heterocycles. The SMILES string of the molecule is CNC(CSc1ccccc1C)Cc1ccccc1. The fraction of sp³-hybridized carbons (Fsp3) is 0.294. The summed E-state index contributed by atoms with van der Waals surface area (Å²) in [6.45, 7) is 2.17. The highest BCUT2D eigenvalue weighted by Crippen LogP contribution is 2.23. The summed E-state index contributed by atoms with van der Waals surface area (Å²) in [7, 11) is 2.05. The highest BCUT2D eigenvalue weighted by molar-refractivity contribution is 7.99. The normalized spacial score (nSPS) is 12.3. The van der Waals surface area contributed by atoms with Gasteiger partial charge in [-0.1, -0.05) is 48.5 Å². The molecule has 2 aromatic carbocycles. The molecule has 0 aliphatic rings. The number of nitrogens with one attached hydrogen (secondary N) is 1. The van der Waals surface area contributed by atoms with Crippen molar-refractivity contribution in [3.63, 3.8) is 0 Å². The third-order valence-electron chi connectivity index (χ3n) is 3.27. The Hall–Kier alpha value is -1.25. The average Bonchev–Trinajstić information content (AvgIpc) is 2.46. The van der Waals surface area contributed by atoms with Crippen LogP contribution in [0.1, 0.15) is 11.1 Å². The molecule has 0 heterocycles. The van der Waals surface area contributed by atoms with E-state index >= 15 is 0 Å². The van der Waals surface area contributed by atoms with E-state index in [1.807, 2.05) is 18.8 Å². The van der Waals surface area contributed by atoms with E-state index < -0.39 is 0 Å². The molecule has 2 heteroatoms. The number of aryl methyl sites for hydroxylation is 1. The Morgan fingerprint density at radius 3 is 2.37 bits per heavy atom. The van der Waals surface area contributed by atoms with Crippen molar-refractivity contribution < 1.29 is 0 Å². The molecule has 100 valence electrons. The van der Waals surface area contributed by atoms with Gasteiger partial charge in [0.25, 0.3) is 0 Å². The van der Waals surface area contributed by atoms with Gasteiger partial charge in [0.05, 0.1) is 0 Å². The predicted octanol–water partition coefficient (Wildman–Crippen LogP) is 3.92. The Kier molecular flexibility index (Phi) is 5.49. The third-order valence-corrected chi connectivity index (χ3v) is 4.60. The van der Waals surface area contributed by atoms with Crippen LogP contribution >= 0.6 is 11.8 Å². The van der Waals surface area contributed by atoms with Crippen LogP contribution in [0.2, 0.25) is 0 Å². The minimum Gasteiger partial charge on any atom is -0.316 e. The zero-order chi connectivity index (χ0) is 13.5. The molecule has 19 heavy (non-hydrogen) atoms. The van der Waals surface area contributed by atoms with E-state index in [0.717, 1.165) is 12.2 Å². The zero-order valence-corrected chi connectivity index (χ0v) is 12.4. The van der Waals surface area contributed by atoms with Gasteiger partial charge in [0.15, 0.2) is 0 Å². The Morgan fingerprint density at radius 1 is 1.00 bits per heavy atom. The molecule has 1 unspecified atom stereocenters. The van der Waals surface area contributed by atoms with Crippen LogP contribution in [0.15, 0.2) is 59.5 Å². The predicted molar refractivity (Wildman–Crippen MR) is 84.9 cm³/mol. The second kappa shape index (κ2) is 7.37. The van der Waals surface area contributed by atoms with Crippen molar-refractivity contribution in [1.82, 2.24) is 5.32 Å². The Balaban J connectivity index is 1.91. The number of likely N-dealkylation sites (N-methyl/N-ethyl adjacent to an activating group) is 1. The fourth-order valence-electron chi connectivity index (χ4n) is 2.05. The van der Waals surface area contributed by atoms with Crippen LogP contribution in [-0.4, -0.2) is 18.8 Å². The van der Waals surface area contributed by atoms with Crippen LogP contribution in [-0.2, 0) is 6.42 Å². The molecule has 2 aromatic rings. The molecule has 0 amide bonds. The van der Waals surface area contributed by atoms with Crippen LogP contribution < -0.4 is 5.32 Å². The van der Waals surface area contributed by atoms with E-state index in [2.05, 4.69) is 66.8 Å². The van der Waals surface area contributed by atoms with Crippen molar-refractivity contribution in [3.05, 3.63) is 65.7 Å². The minimum atomic E-state index is 0.506. The van der Waals surface area contributed by atoms with Crippen LogP contribution in [0.4, 0.5) is 0 Å². The highest BCUT2D eigenvalue weighted by Gasteiger charge is 2.08. The number of benzene rings is 2. The molecular formula is C17H21NS. The Labute approximate surface area is 120 Å². The van der Waals surface area contributed by atoms with E-state index in [0.29, 0.717) is 6.04 Å². The maximum Gasteiger partial charge on any atom is 0.0199 e. The summed E-state index contributed by atoms with van der Waals surface area (Å²) in [5, 5.41) is 3.42. The minimum absolute atomic E-state index is 0.506. The van der Waals surface area contributed by atoms with Crippen molar-refractivity contribution in [2.45, 2.75) is 24.3 Å². The van der Waals surface area contributed by atoms with Gasteiger partial charge in [0.2, 0.25) is 0 Å². The molecule has 2 rings (SSSR count). The van der Waals surface area contributed by atoms with Gasteiger partial charge in [-0.3, -0.25) is 0 Å². The van der Waals surface area contributed by atoms with Crippen molar-refractivity contribution in [2.75, 3.05) is 12.8 Å². The summed E-state index contributed by atoms with van der Waals surface area (Å²) < 4.78 is 0. The number of thioether (sulfide) groups is 1. The highest BCUT2D eigenvalue weighted by atomic mass is 32.2. The zero-order valence-electron chi connectivity index (χ0n) is 11.6. The van der Waals surface area contributed by atoms with Gasteiger partial charge in [0.1, 0.15) is 0 Å². The monoisotopic (exact) mass is 271 g/mol. The van der Waals surface area contributed by atoms with E-state index in [-0.39, 0.29) is 0 Å². The summed E-state index contributed by atoms with van der Waals surface area (Å²) in [5.74, 6) is 1.09. The molecule has 0 bridgehead atoms. The smallest absolute Gasteiger partial charge is 0.0199 e. The summed E-state index contributed by atoms with van der Waals surface area (Å²) >= 11 is 1.94. The maximum absolute atomic E-state index is 3.42.